The van der Waals surface area contributed by atoms with Crippen LogP contribution in [0.25, 0.3) is 10.9 Å². The normalized spacial score (nSPS) is 20.5. The largest absolute Gasteiger partial charge is 0.477 e. The first-order chi connectivity index (χ1) is 14.2. The number of nitrogens with zero attached hydrogens (tertiary/aromatic N) is 3. The third kappa shape index (κ3) is 3.43. The van der Waals surface area contributed by atoms with E-state index >= 15 is 4.39 Å². The van der Waals surface area contributed by atoms with Crippen LogP contribution in [0.4, 0.5) is 10.1 Å². The Labute approximate surface area is 172 Å². The van der Waals surface area contributed by atoms with E-state index in [2.05, 4.69) is 0 Å². The zero-order chi connectivity index (χ0) is 21.7. The molecule has 4 rings (SSSR count). The standard InChI is InChI=1S/C21H25FN4O4/c1-11-9-24(5-6-25(11)20(28)12(2)23)18-8-17-14(7-16(18)22)19(27)15(21(29)30)10-26(17)13-3-4-13/h7-8,10-13H,3-6,9,23H2,1-2H3,(H,29,30). The maximum Gasteiger partial charge on any atom is 0.341 e. The highest BCUT2D eigenvalue weighted by molar-refractivity contribution is 5.93. The van der Waals surface area contributed by atoms with Crippen LogP contribution in [-0.2, 0) is 4.79 Å². The minimum absolute atomic E-state index is 0.0712. The van der Waals surface area contributed by atoms with Gasteiger partial charge in [-0.2, -0.15) is 0 Å². The van der Waals surface area contributed by atoms with Gasteiger partial charge in [0.2, 0.25) is 11.3 Å². The predicted octanol–water partition coefficient (Wildman–Crippen LogP) is 1.56. The molecule has 3 N–H and O–H groups in total. The molecule has 160 valence electrons. The van der Waals surface area contributed by atoms with Gasteiger partial charge in [0.1, 0.15) is 11.4 Å². The van der Waals surface area contributed by atoms with Gasteiger partial charge in [-0.3, -0.25) is 9.59 Å². The minimum atomic E-state index is -1.32. The van der Waals surface area contributed by atoms with E-state index in [1.807, 2.05) is 11.8 Å². The number of carbonyl (C=O) groups is 2. The number of carbonyl (C=O) groups excluding carboxylic acids is 1. The first-order valence-electron chi connectivity index (χ1n) is 10.1. The first-order valence-corrected chi connectivity index (χ1v) is 10.1. The Morgan fingerprint density at radius 3 is 2.53 bits per heavy atom. The summed E-state index contributed by atoms with van der Waals surface area (Å²) in [6, 6.07) is 2.15. The topological polar surface area (TPSA) is 109 Å². The third-order valence-electron chi connectivity index (χ3n) is 5.91. The van der Waals surface area contributed by atoms with E-state index in [0.717, 1.165) is 18.9 Å². The van der Waals surface area contributed by atoms with Gasteiger partial charge in [0.25, 0.3) is 0 Å². The summed E-state index contributed by atoms with van der Waals surface area (Å²) in [5, 5.41) is 9.43. The molecule has 2 unspecified atom stereocenters. The number of hydrogen-bond acceptors (Lipinski definition) is 5. The lowest BCUT2D eigenvalue weighted by molar-refractivity contribution is -0.134. The van der Waals surface area contributed by atoms with Crippen molar-refractivity contribution in [3.63, 3.8) is 0 Å². The fourth-order valence-electron chi connectivity index (χ4n) is 4.17. The van der Waals surface area contributed by atoms with Gasteiger partial charge in [0.15, 0.2) is 0 Å². The molecule has 2 atom stereocenters. The lowest BCUT2D eigenvalue weighted by Gasteiger charge is -2.41. The molecule has 2 aliphatic rings. The quantitative estimate of drug-likeness (QED) is 0.783. The second-order valence-electron chi connectivity index (χ2n) is 8.25. The number of benzene rings is 1. The summed E-state index contributed by atoms with van der Waals surface area (Å²) in [7, 11) is 0. The second-order valence-corrected chi connectivity index (χ2v) is 8.25. The molecule has 8 nitrogen and oxygen atoms in total. The molecule has 2 fully saturated rings. The van der Waals surface area contributed by atoms with Crippen molar-refractivity contribution in [1.29, 1.82) is 0 Å². The van der Waals surface area contributed by atoms with Crippen molar-refractivity contribution in [2.45, 2.75) is 44.8 Å². The average molecular weight is 416 g/mol. The van der Waals surface area contributed by atoms with Crippen LogP contribution in [0.1, 0.15) is 43.1 Å². The van der Waals surface area contributed by atoms with Crippen molar-refractivity contribution < 1.29 is 19.1 Å². The molecule has 0 radical (unpaired) electrons. The van der Waals surface area contributed by atoms with Crippen LogP contribution in [-0.4, -0.2) is 58.2 Å². The Balaban J connectivity index is 1.75. The van der Waals surface area contributed by atoms with E-state index in [1.165, 1.54) is 6.20 Å². The lowest BCUT2D eigenvalue weighted by Crippen LogP contribution is -2.57. The second kappa shape index (κ2) is 7.39. The predicted molar refractivity (Wildman–Crippen MR) is 110 cm³/mol. The molecule has 9 heteroatoms. The Kier molecular flexibility index (Phi) is 5.01. The van der Waals surface area contributed by atoms with Crippen molar-refractivity contribution >= 4 is 28.5 Å². The number of amides is 1. The van der Waals surface area contributed by atoms with Crippen molar-refractivity contribution in [3.8, 4) is 0 Å². The lowest BCUT2D eigenvalue weighted by atomic mass is 10.1. The molecule has 1 amide bonds. The van der Waals surface area contributed by atoms with Crippen LogP contribution in [0.3, 0.4) is 0 Å². The molecule has 2 aromatic rings. The highest BCUT2D eigenvalue weighted by Crippen LogP contribution is 2.38. The van der Waals surface area contributed by atoms with Gasteiger partial charge < -0.3 is 25.2 Å². The Bertz CT molecular complexity index is 1090. The number of pyridine rings is 1. The fourth-order valence-corrected chi connectivity index (χ4v) is 4.17. The van der Waals surface area contributed by atoms with Crippen LogP contribution in [0.15, 0.2) is 23.1 Å². The summed E-state index contributed by atoms with van der Waals surface area (Å²) in [5.41, 5.74) is 5.57. The number of aromatic nitrogens is 1. The summed E-state index contributed by atoms with van der Waals surface area (Å²) in [6.45, 7) is 4.83. The molecule has 1 aliphatic heterocycles. The molecule has 0 bridgehead atoms. The number of nitrogens with two attached hydrogens (primary N) is 1. The van der Waals surface area contributed by atoms with Crippen molar-refractivity contribution in [3.05, 3.63) is 39.9 Å². The zero-order valence-corrected chi connectivity index (χ0v) is 17.0. The van der Waals surface area contributed by atoms with Gasteiger partial charge in [0.05, 0.1) is 17.2 Å². The molecule has 1 aromatic heterocycles. The number of aromatic carboxylic acids is 1. The molecular weight excluding hydrogens is 391 g/mol. The van der Waals surface area contributed by atoms with E-state index in [4.69, 9.17) is 5.73 Å². The van der Waals surface area contributed by atoms with Crippen LogP contribution in [0.5, 0.6) is 0 Å². The molecule has 1 saturated heterocycles. The summed E-state index contributed by atoms with van der Waals surface area (Å²) < 4.78 is 16.8. The fraction of sp³-hybridized carbons (Fsp3) is 0.476. The molecular formula is C21H25FN4O4. The van der Waals surface area contributed by atoms with E-state index in [-0.39, 0.29) is 28.9 Å². The average Bonchev–Trinajstić information content (AvgIpc) is 3.52. The van der Waals surface area contributed by atoms with Crippen molar-refractivity contribution in [2.75, 3.05) is 24.5 Å². The maximum absolute atomic E-state index is 15.0. The highest BCUT2D eigenvalue weighted by atomic mass is 19.1. The van der Waals surface area contributed by atoms with Crippen LogP contribution in [0.2, 0.25) is 0 Å². The maximum atomic E-state index is 15.0. The molecule has 1 saturated carbocycles. The minimum Gasteiger partial charge on any atom is -0.477 e. The first kappa shape index (κ1) is 20.3. The number of rotatable bonds is 4. The van der Waals surface area contributed by atoms with Crippen molar-refractivity contribution in [1.82, 2.24) is 9.47 Å². The van der Waals surface area contributed by atoms with Crippen LogP contribution in [0, 0.1) is 5.82 Å². The van der Waals surface area contributed by atoms with Gasteiger partial charge in [0, 0.05) is 43.3 Å². The smallest absolute Gasteiger partial charge is 0.341 e. The molecule has 1 aromatic carbocycles. The van der Waals surface area contributed by atoms with E-state index in [9.17, 15) is 19.5 Å². The third-order valence-corrected chi connectivity index (χ3v) is 5.91. The molecule has 2 heterocycles. The van der Waals surface area contributed by atoms with Gasteiger partial charge in [-0.1, -0.05) is 0 Å². The number of piperazine rings is 1. The Morgan fingerprint density at radius 1 is 1.27 bits per heavy atom. The summed E-state index contributed by atoms with van der Waals surface area (Å²) in [4.78, 5) is 39.9. The highest BCUT2D eigenvalue weighted by Gasteiger charge is 2.31. The molecule has 0 spiro atoms. The van der Waals surface area contributed by atoms with Crippen molar-refractivity contribution in [2.24, 2.45) is 5.73 Å². The van der Waals surface area contributed by atoms with E-state index in [1.54, 1.807) is 22.5 Å². The SMILES string of the molecule is CC(N)C(=O)N1CCN(c2cc3c(cc2F)c(=O)c(C(=O)O)cn3C2CC2)CC1C. The number of fused-ring (bicyclic) bond motifs is 1. The monoisotopic (exact) mass is 416 g/mol. The van der Waals surface area contributed by atoms with Gasteiger partial charge in [-0.05, 0) is 38.8 Å². The zero-order valence-electron chi connectivity index (χ0n) is 17.0. The number of halogens is 1. The summed E-state index contributed by atoms with van der Waals surface area (Å²) >= 11 is 0. The number of carboxylic acids is 1. The van der Waals surface area contributed by atoms with Crippen LogP contribution < -0.4 is 16.1 Å². The molecule has 1 aliphatic carbocycles. The number of carboxylic acid groups (broad SMARTS) is 1. The molecule has 30 heavy (non-hydrogen) atoms. The number of hydrogen-bond donors (Lipinski definition) is 2. The Morgan fingerprint density at radius 2 is 1.97 bits per heavy atom. The van der Waals surface area contributed by atoms with Crippen LogP contribution >= 0.6 is 0 Å². The summed E-state index contributed by atoms with van der Waals surface area (Å²) in [5.74, 6) is -2.03. The van der Waals surface area contributed by atoms with Gasteiger partial charge >= 0.3 is 5.97 Å². The number of anilines is 1. The van der Waals surface area contributed by atoms with Gasteiger partial charge in [-0.15, -0.1) is 0 Å². The summed E-state index contributed by atoms with van der Waals surface area (Å²) in [6.07, 6.45) is 3.14. The van der Waals surface area contributed by atoms with E-state index < -0.39 is 23.3 Å². The van der Waals surface area contributed by atoms with E-state index in [0.29, 0.717) is 30.8 Å². The van der Waals surface area contributed by atoms with Gasteiger partial charge in [-0.25, -0.2) is 9.18 Å². The Hall–Kier alpha value is -2.94.